The summed E-state index contributed by atoms with van der Waals surface area (Å²) in [5.74, 6) is 2.73. The SMILES string of the molecule is Cc1nc2c(N)nc(C3=COCO3)nc2n1CCNCC(C)C. The number of aromatic nitrogens is 4. The molecule has 1 aliphatic rings. The molecule has 0 fully saturated rings. The summed E-state index contributed by atoms with van der Waals surface area (Å²) in [6.45, 7) is 9.07. The topological polar surface area (TPSA) is 100 Å². The standard InChI is InChI=1S/C15H22N6O2/c1-9(2)6-17-4-5-21-10(3)18-12-13(16)19-14(20-15(12)21)11-7-22-8-23-11/h7,9,17H,4-6,8H2,1-3H3,(H2,16,19,20). The summed E-state index contributed by atoms with van der Waals surface area (Å²) >= 11 is 0. The van der Waals surface area contributed by atoms with Gasteiger partial charge in [-0.25, -0.2) is 15.0 Å². The minimum absolute atomic E-state index is 0.175. The van der Waals surface area contributed by atoms with E-state index >= 15 is 0 Å². The minimum atomic E-state index is 0.175. The van der Waals surface area contributed by atoms with Crippen molar-refractivity contribution in [3.05, 3.63) is 17.9 Å². The summed E-state index contributed by atoms with van der Waals surface area (Å²) in [4.78, 5) is 13.3. The van der Waals surface area contributed by atoms with Crippen molar-refractivity contribution in [2.45, 2.75) is 27.3 Å². The van der Waals surface area contributed by atoms with Crippen LogP contribution in [0.2, 0.25) is 0 Å². The average molecular weight is 318 g/mol. The Morgan fingerprint density at radius 1 is 1.35 bits per heavy atom. The molecule has 0 amide bonds. The van der Waals surface area contributed by atoms with E-state index in [-0.39, 0.29) is 6.79 Å². The quantitative estimate of drug-likeness (QED) is 0.773. The number of anilines is 1. The van der Waals surface area contributed by atoms with Gasteiger partial charge in [0.05, 0.1) is 0 Å². The largest absolute Gasteiger partial charge is 0.461 e. The molecule has 0 bridgehead atoms. The lowest BCUT2D eigenvalue weighted by Gasteiger charge is -2.10. The zero-order valence-electron chi connectivity index (χ0n) is 13.7. The van der Waals surface area contributed by atoms with Crippen LogP contribution in [-0.2, 0) is 16.0 Å². The van der Waals surface area contributed by atoms with Crippen molar-refractivity contribution in [1.29, 1.82) is 0 Å². The van der Waals surface area contributed by atoms with Crippen LogP contribution in [0.1, 0.15) is 25.5 Å². The maximum absolute atomic E-state index is 6.04. The highest BCUT2D eigenvalue weighted by Crippen LogP contribution is 2.23. The first kappa shape index (κ1) is 15.5. The number of rotatable bonds is 6. The lowest BCUT2D eigenvalue weighted by Crippen LogP contribution is -2.24. The van der Waals surface area contributed by atoms with Crippen molar-refractivity contribution in [1.82, 2.24) is 24.8 Å². The molecule has 0 aromatic carbocycles. The third-order valence-electron chi connectivity index (χ3n) is 3.57. The fourth-order valence-electron chi connectivity index (χ4n) is 2.45. The van der Waals surface area contributed by atoms with E-state index in [1.54, 1.807) is 0 Å². The number of hydrogen-bond acceptors (Lipinski definition) is 7. The molecule has 8 heteroatoms. The number of nitrogen functional groups attached to an aromatic ring is 1. The van der Waals surface area contributed by atoms with Gasteiger partial charge in [0, 0.05) is 13.1 Å². The molecule has 0 atom stereocenters. The Hall–Kier alpha value is -2.35. The lowest BCUT2D eigenvalue weighted by atomic mass is 10.2. The number of imidazole rings is 1. The molecule has 2 aromatic rings. The van der Waals surface area contributed by atoms with Gasteiger partial charge >= 0.3 is 0 Å². The second-order valence-electron chi connectivity index (χ2n) is 5.92. The Balaban J connectivity index is 1.89. The Bertz CT molecular complexity index is 737. The monoisotopic (exact) mass is 318 g/mol. The summed E-state index contributed by atoms with van der Waals surface area (Å²) in [5.41, 5.74) is 7.37. The predicted molar refractivity (Wildman–Crippen MR) is 87.2 cm³/mol. The van der Waals surface area contributed by atoms with Crippen LogP contribution in [0.25, 0.3) is 16.9 Å². The summed E-state index contributed by atoms with van der Waals surface area (Å²) in [7, 11) is 0. The Morgan fingerprint density at radius 3 is 2.87 bits per heavy atom. The van der Waals surface area contributed by atoms with Gasteiger partial charge in [0.1, 0.15) is 12.1 Å². The molecule has 124 valence electrons. The van der Waals surface area contributed by atoms with Crippen molar-refractivity contribution in [2.24, 2.45) is 5.92 Å². The van der Waals surface area contributed by atoms with Crippen molar-refractivity contribution in [3.63, 3.8) is 0 Å². The molecular formula is C15H22N6O2. The first-order chi connectivity index (χ1) is 11.1. The van der Waals surface area contributed by atoms with E-state index < -0.39 is 0 Å². The molecular weight excluding hydrogens is 296 g/mol. The summed E-state index contributed by atoms with van der Waals surface area (Å²) in [6, 6.07) is 0. The van der Waals surface area contributed by atoms with Gasteiger partial charge in [0.25, 0.3) is 0 Å². The average Bonchev–Trinajstić information content (AvgIpc) is 3.12. The van der Waals surface area contributed by atoms with E-state index in [9.17, 15) is 0 Å². The van der Waals surface area contributed by atoms with Gasteiger partial charge < -0.3 is 25.1 Å². The van der Waals surface area contributed by atoms with Crippen LogP contribution >= 0.6 is 0 Å². The van der Waals surface area contributed by atoms with E-state index in [1.807, 2.05) is 11.5 Å². The van der Waals surface area contributed by atoms with Crippen LogP contribution in [-0.4, -0.2) is 39.4 Å². The molecule has 8 nitrogen and oxygen atoms in total. The van der Waals surface area contributed by atoms with Crippen LogP contribution in [0.4, 0.5) is 5.82 Å². The molecule has 3 rings (SSSR count). The number of nitrogens with one attached hydrogen (secondary N) is 1. The number of hydrogen-bond donors (Lipinski definition) is 2. The van der Waals surface area contributed by atoms with Gasteiger partial charge in [-0.2, -0.15) is 0 Å². The van der Waals surface area contributed by atoms with Gasteiger partial charge in [-0.1, -0.05) is 13.8 Å². The zero-order valence-corrected chi connectivity index (χ0v) is 13.7. The van der Waals surface area contributed by atoms with Crippen molar-refractivity contribution in [2.75, 3.05) is 25.6 Å². The second kappa shape index (κ2) is 6.41. The molecule has 1 aliphatic heterocycles. The van der Waals surface area contributed by atoms with E-state index in [0.29, 0.717) is 34.5 Å². The normalized spacial score (nSPS) is 14.2. The fraction of sp³-hybridized carbons (Fsp3) is 0.533. The van der Waals surface area contributed by atoms with Gasteiger partial charge in [-0.15, -0.1) is 0 Å². The highest BCUT2D eigenvalue weighted by molar-refractivity contribution is 5.83. The smallest absolute Gasteiger partial charge is 0.230 e. The van der Waals surface area contributed by atoms with Crippen LogP contribution in [0.15, 0.2) is 6.26 Å². The lowest BCUT2D eigenvalue weighted by molar-refractivity contribution is 0.0999. The molecule has 3 N–H and O–H groups in total. The predicted octanol–water partition coefficient (Wildman–Crippen LogP) is 1.27. The van der Waals surface area contributed by atoms with E-state index in [4.69, 9.17) is 15.2 Å². The van der Waals surface area contributed by atoms with E-state index in [2.05, 4.69) is 34.1 Å². The molecule has 0 saturated heterocycles. The summed E-state index contributed by atoms with van der Waals surface area (Å²) in [5, 5.41) is 3.42. The zero-order chi connectivity index (χ0) is 16.4. The fourth-order valence-corrected chi connectivity index (χ4v) is 2.45. The van der Waals surface area contributed by atoms with E-state index in [1.165, 1.54) is 6.26 Å². The maximum Gasteiger partial charge on any atom is 0.230 e. The van der Waals surface area contributed by atoms with Gasteiger partial charge in [-0.3, -0.25) is 0 Å². The molecule has 0 unspecified atom stereocenters. The molecule has 2 aromatic heterocycles. The van der Waals surface area contributed by atoms with Crippen molar-refractivity contribution >= 4 is 22.7 Å². The van der Waals surface area contributed by atoms with Gasteiger partial charge in [0.2, 0.25) is 18.4 Å². The first-order valence-electron chi connectivity index (χ1n) is 7.72. The van der Waals surface area contributed by atoms with Gasteiger partial charge in [0.15, 0.2) is 17.0 Å². The second-order valence-corrected chi connectivity index (χ2v) is 5.92. The molecule has 0 radical (unpaired) electrons. The number of fused-ring (bicyclic) bond motifs is 1. The minimum Gasteiger partial charge on any atom is -0.461 e. The number of ether oxygens (including phenoxy) is 2. The van der Waals surface area contributed by atoms with Crippen LogP contribution in [0, 0.1) is 12.8 Å². The van der Waals surface area contributed by atoms with E-state index in [0.717, 1.165) is 25.5 Å². The highest BCUT2D eigenvalue weighted by atomic mass is 16.7. The van der Waals surface area contributed by atoms with Crippen LogP contribution in [0.5, 0.6) is 0 Å². The van der Waals surface area contributed by atoms with Gasteiger partial charge in [-0.05, 0) is 19.4 Å². The highest BCUT2D eigenvalue weighted by Gasteiger charge is 2.19. The molecule has 3 heterocycles. The number of aryl methyl sites for hydroxylation is 1. The molecule has 23 heavy (non-hydrogen) atoms. The Kier molecular flexibility index (Phi) is 4.33. The number of nitrogens with zero attached hydrogens (tertiary/aromatic N) is 4. The summed E-state index contributed by atoms with van der Waals surface area (Å²) in [6.07, 6.45) is 1.50. The maximum atomic E-state index is 6.04. The number of nitrogens with two attached hydrogens (primary N) is 1. The third-order valence-corrected chi connectivity index (χ3v) is 3.57. The van der Waals surface area contributed by atoms with Crippen LogP contribution in [0.3, 0.4) is 0 Å². The first-order valence-corrected chi connectivity index (χ1v) is 7.72. The van der Waals surface area contributed by atoms with Crippen molar-refractivity contribution in [3.8, 4) is 0 Å². The Morgan fingerprint density at radius 2 is 2.17 bits per heavy atom. The molecule has 0 saturated carbocycles. The van der Waals surface area contributed by atoms with Crippen molar-refractivity contribution < 1.29 is 9.47 Å². The van der Waals surface area contributed by atoms with Crippen LogP contribution < -0.4 is 11.1 Å². The Labute approximate surface area is 134 Å². The summed E-state index contributed by atoms with van der Waals surface area (Å²) < 4.78 is 12.4. The molecule has 0 spiro atoms. The third kappa shape index (κ3) is 3.21. The molecule has 0 aliphatic carbocycles.